The fourth-order valence-electron chi connectivity index (χ4n) is 4.02. The zero-order valence-corrected chi connectivity index (χ0v) is 27.7. The highest BCUT2D eigenvalue weighted by atomic mass is 35.5. The maximum Gasteiger partial charge on any atom is 0.408 e. The van der Waals surface area contributed by atoms with Gasteiger partial charge in [-0.05, 0) is 76.1 Å². The molecule has 3 aromatic rings. The Labute approximate surface area is 269 Å². The number of ketones is 1. The Morgan fingerprint density at radius 2 is 1.64 bits per heavy atom. The van der Waals surface area contributed by atoms with Crippen LogP contribution in [0.4, 0.5) is 4.79 Å². The molecule has 0 radical (unpaired) electrons. The Bertz CT molecular complexity index is 1520. The average molecular weight is 641 g/mol. The summed E-state index contributed by atoms with van der Waals surface area (Å²) in [7, 11) is 5.19. The summed E-state index contributed by atoms with van der Waals surface area (Å²) in [5.41, 5.74) is 1.16. The zero-order chi connectivity index (χ0) is 33.4. The van der Waals surface area contributed by atoms with Crippen molar-refractivity contribution in [1.82, 2.24) is 14.9 Å². The van der Waals surface area contributed by atoms with E-state index < -0.39 is 23.3 Å². The highest BCUT2D eigenvalue weighted by Crippen LogP contribution is 2.30. The topological polar surface area (TPSA) is 121 Å². The minimum Gasteiger partial charge on any atom is -0.493 e. The number of aromatic nitrogens is 1. The van der Waals surface area contributed by atoms with Gasteiger partial charge in [-0.3, -0.25) is 9.59 Å². The number of esters is 1. The quantitative estimate of drug-likeness (QED) is 0.107. The van der Waals surface area contributed by atoms with Gasteiger partial charge in [-0.2, -0.15) is 5.10 Å². The number of carbonyl (C=O) groups is 3. The number of hydrogen-bond donors (Lipinski definition) is 1. The van der Waals surface area contributed by atoms with Crippen molar-refractivity contribution in [1.29, 1.82) is 0 Å². The summed E-state index contributed by atoms with van der Waals surface area (Å²) >= 11 is 6.05. The third-order valence-electron chi connectivity index (χ3n) is 6.00. The summed E-state index contributed by atoms with van der Waals surface area (Å²) in [4.78, 5) is 39.4. The van der Waals surface area contributed by atoms with Gasteiger partial charge in [-0.15, -0.1) is 0 Å². The molecule has 0 spiro atoms. The van der Waals surface area contributed by atoms with E-state index in [4.69, 9.17) is 30.5 Å². The number of halogens is 1. The number of amides is 1. The first-order valence-corrected chi connectivity index (χ1v) is 14.6. The summed E-state index contributed by atoms with van der Waals surface area (Å²) < 4.78 is 23.6. The van der Waals surface area contributed by atoms with Gasteiger partial charge in [0.25, 0.3) is 0 Å². The molecule has 2 aromatic carbocycles. The van der Waals surface area contributed by atoms with E-state index in [-0.39, 0.29) is 25.4 Å². The second-order valence-corrected chi connectivity index (χ2v) is 12.6. The van der Waals surface area contributed by atoms with E-state index in [1.165, 1.54) is 7.11 Å². The standard InChI is InChI=1S/C33H41ClN4O7/c1-32(2,3)45-31(41)35-18-30(40)44-33(4,5)20-43-28-14-9-22(16-29(28)42-8)15-27(39)26-17-24(19-38(26)36-21-37(6)7)23-10-12-25(34)13-11-23/h9-14,16-17,19,21H,15,18,20H2,1-8H3,(H,35,41)/b36-21+. The Morgan fingerprint density at radius 3 is 2.27 bits per heavy atom. The fourth-order valence-corrected chi connectivity index (χ4v) is 4.14. The number of hydrogen-bond acceptors (Lipinski definition) is 8. The van der Waals surface area contributed by atoms with Crippen LogP contribution in [0.1, 0.15) is 50.7 Å². The summed E-state index contributed by atoms with van der Waals surface area (Å²) in [6, 6.07) is 14.4. The molecule has 0 saturated carbocycles. The number of rotatable bonds is 13. The van der Waals surface area contributed by atoms with Crippen molar-refractivity contribution in [2.75, 3.05) is 34.4 Å². The highest BCUT2D eigenvalue weighted by Gasteiger charge is 2.26. The Morgan fingerprint density at radius 1 is 0.956 bits per heavy atom. The van der Waals surface area contributed by atoms with Crippen LogP contribution in [0.2, 0.25) is 5.02 Å². The SMILES string of the molecule is COc1cc(CC(=O)c2cc(-c3ccc(Cl)cc3)cn2/N=C/N(C)C)ccc1OCC(C)(C)OC(=O)CNC(=O)OC(C)(C)C. The van der Waals surface area contributed by atoms with Crippen LogP contribution < -0.4 is 14.8 Å². The molecule has 1 N–H and O–H groups in total. The summed E-state index contributed by atoms with van der Waals surface area (Å²) in [6.45, 7) is 8.20. The van der Waals surface area contributed by atoms with E-state index in [9.17, 15) is 14.4 Å². The molecular weight excluding hydrogens is 600 g/mol. The van der Waals surface area contributed by atoms with Gasteiger partial charge >= 0.3 is 12.1 Å². The second kappa shape index (κ2) is 15.0. The van der Waals surface area contributed by atoms with Crippen LogP contribution in [0.25, 0.3) is 11.1 Å². The van der Waals surface area contributed by atoms with E-state index in [1.54, 1.807) is 93.1 Å². The molecule has 0 aliphatic carbocycles. The first-order chi connectivity index (χ1) is 21.0. The number of nitrogens with one attached hydrogen (secondary N) is 1. The van der Waals surface area contributed by atoms with Crippen molar-refractivity contribution in [3.63, 3.8) is 0 Å². The van der Waals surface area contributed by atoms with Gasteiger partial charge in [0.1, 0.15) is 36.4 Å². The van der Waals surface area contributed by atoms with Crippen LogP contribution in [-0.4, -0.2) is 79.3 Å². The normalized spacial score (nSPS) is 11.7. The molecule has 242 valence electrons. The number of methoxy groups -OCH3 is 1. The zero-order valence-electron chi connectivity index (χ0n) is 27.0. The van der Waals surface area contributed by atoms with Crippen LogP contribution in [0.5, 0.6) is 11.5 Å². The van der Waals surface area contributed by atoms with Crippen molar-refractivity contribution >= 4 is 35.8 Å². The predicted molar refractivity (Wildman–Crippen MR) is 173 cm³/mol. The smallest absolute Gasteiger partial charge is 0.408 e. The fraction of sp³-hybridized carbons (Fsp3) is 0.394. The molecule has 1 aromatic heterocycles. The Hall–Kier alpha value is -4.51. The van der Waals surface area contributed by atoms with Crippen molar-refractivity contribution in [3.8, 4) is 22.6 Å². The number of ether oxygens (including phenoxy) is 4. The lowest BCUT2D eigenvalue weighted by molar-refractivity contribution is -0.157. The summed E-state index contributed by atoms with van der Waals surface area (Å²) in [5, 5.41) is 7.44. The van der Waals surface area contributed by atoms with Crippen LogP contribution in [-0.2, 0) is 20.7 Å². The van der Waals surface area contributed by atoms with Crippen molar-refractivity contribution in [2.24, 2.45) is 5.10 Å². The molecule has 0 unspecified atom stereocenters. The number of nitrogens with zero attached hydrogens (tertiary/aromatic N) is 3. The van der Waals surface area contributed by atoms with Crippen molar-refractivity contribution < 1.29 is 33.3 Å². The van der Waals surface area contributed by atoms with Gasteiger partial charge in [0, 0.05) is 37.3 Å². The molecule has 1 heterocycles. The van der Waals surface area contributed by atoms with E-state index in [2.05, 4.69) is 10.4 Å². The molecule has 0 aliphatic rings. The minimum absolute atomic E-state index is 0.00465. The molecule has 11 nitrogen and oxygen atoms in total. The number of benzene rings is 2. The lowest BCUT2D eigenvalue weighted by Gasteiger charge is -2.26. The number of alkyl carbamates (subject to hydrolysis) is 1. The predicted octanol–water partition coefficient (Wildman–Crippen LogP) is 5.82. The van der Waals surface area contributed by atoms with Crippen LogP contribution >= 0.6 is 11.6 Å². The molecular formula is C33H41ClN4O7. The van der Waals surface area contributed by atoms with E-state index >= 15 is 0 Å². The second-order valence-electron chi connectivity index (χ2n) is 12.1. The minimum atomic E-state index is -1.02. The molecule has 0 aliphatic heterocycles. The molecule has 0 bridgehead atoms. The molecule has 3 rings (SSSR count). The molecule has 0 atom stereocenters. The molecule has 0 fully saturated rings. The largest absolute Gasteiger partial charge is 0.493 e. The first-order valence-electron chi connectivity index (χ1n) is 14.3. The number of carbonyl (C=O) groups excluding carboxylic acids is 3. The van der Waals surface area contributed by atoms with Crippen LogP contribution in [0.3, 0.4) is 0 Å². The third kappa shape index (κ3) is 11.2. The highest BCUT2D eigenvalue weighted by molar-refractivity contribution is 6.30. The van der Waals surface area contributed by atoms with E-state index in [0.717, 1.165) is 11.1 Å². The average Bonchev–Trinajstić information content (AvgIpc) is 3.38. The lowest BCUT2D eigenvalue weighted by atomic mass is 10.0. The van der Waals surface area contributed by atoms with Crippen LogP contribution in [0, 0.1) is 0 Å². The molecule has 0 saturated heterocycles. The first kappa shape index (κ1) is 35.0. The molecule has 1 amide bonds. The Kier molecular flexibility index (Phi) is 11.6. The van der Waals surface area contributed by atoms with Gasteiger partial charge in [0.2, 0.25) is 0 Å². The summed E-state index contributed by atoms with van der Waals surface area (Å²) in [6.07, 6.45) is 2.80. The lowest BCUT2D eigenvalue weighted by Crippen LogP contribution is -2.40. The van der Waals surface area contributed by atoms with Gasteiger partial charge in [0.05, 0.1) is 7.11 Å². The molecule has 45 heavy (non-hydrogen) atoms. The number of Topliss-reactive ketones (excluding diaryl/α,β-unsaturated/α-hetero) is 1. The van der Waals surface area contributed by atoms with Crippen molar-refractivity contribution in [3.05, 3.63) is 71.0 Å². The van der Waals surface area contributed by atoms with Gasteiger partial charge < -0.3 is 29.2 Å². The monoisotopic (exact) mass is 640 g/mol. The van der Waals surface area contributed by atoms with Gasteiger partial charge in [-0.25, -0.2) is 9.47 Å². The van der Waals surface area contributed by atoms with Crippen LogP contribution in [0.15, 0.2) is 59.8 Å². The summed E-state index contributed by atoms with van der Waals surface area (Å²) in [5.74, 6) is 0.0367. The maximum absolute atomic E-state index is 13.5. The molecule has 12 heteroatoms. The van der Waals surface area contributed by atoms with E-state index in [0.29, 0.717) is 27.8 Å². The van der Waals surface area contributed by atoms with E-state index in [1.807, 2.05) is 26.2 Å². The van der Waals surface area contributed by atoms with Gasteiger partial charge in [-0.1, -0.05) is 29.8 Å². The van der Waals surface area contributed by atoms with Crippen molar-refractivity contribution in [2.45, 2.75) is 52.2 Å². The third-order valence-corrected chi connectivity index (χ3v) is 6.26. The maximum atomic E-state index is 13.5. The van der Waals surface area contributed by atoms with Gasteiger partial charge in [0.15, 0.2) is 17.3 Å². The Balaban J connectivity index is 1.67.